The van der Waals surface area contributed by atoms with Gasteiger partial charge in [0, 0.05) is 24.6 Å². The zero-order valence-corrected chi connectivity index (χ0v) is 30.3. The van der Waals surface area contributed by atoms with Crippen LogP contribution >= 0.6 is 19.3 Å². The van der Waals surface area contributed by atoms with Crippen molar-refractivity contribution in [2.24, 2.45) is 0 Å². The van der Waals surface area contributed by atoms with Crippen molar-refractivity contribution in [1.82, 2.24) is 19.8 Å². The van der Waals surface area contributed by atoms with E-state index < -0.39 is 19.2 Å². The molecule has 2 aromatic rings. The van der Waals surface area contributed by atoms with E-state index in [1.54, 1.807) is 11.2 Å². The number of likely N-dealkylation sites (tertiary alicyclic amines) is 2. The Labute approximate surface area is 277 Å². The molecule has 0 spiro atoms. The summed E-state index contributed by atoms with van der Waals surface area (Å²) in [4.78, 5) is 44.4. The van der Waals surface area contributed by atoms with Crippen LogP contribution in [0.1, 0.15) is 62.8 Å². The number of amides is 2. The molecule has 0 radical (unpaired) electrons. The van der Waals surface area contributed by atoms with Crippen LogP contribution in [0.15, 0.2) is 18.5 Å². The fourth-order valence-electron chi connectivity index (χ4n) is 6.68. The third-order valence-electron chi connectivity index (χ3n) is 8.87. The number of nitrogens with zero attached hydrogens (tertiary/aromatic N) is 6. The summed E-state index contributed by atoms with van der Waals surface area (Å²) in [5, 5.41) is 0. The van der Waals surface area contributed by atoms with E-state index in [4.69, 9.17) is 24.0 Å². The Kier molecular flexibility index (Phi) is 9.10. The van der Waals surface area contributed by atoms with Gasteiger partial charge in [-0.25, -0.2) is 14.8 Å². The van der Waals surface area contributed by atoms with Gasteiger partial charge in [0.05, 0.1) is 5.56 Å². The van der Waals surface area contributed by atoms with E-state index in [0.717, 1.165) is 73.2 Å². The molecule has 5 heterocycles. The van der Waals surface area contributed by atoms with Gasteiger partial charge in [-0.05, 0) is 27.7 Å². The molecule has 1 aromatic heterocycles. The molecule has 0 N–H and O–H groups in total. The molecule has 252 valence electrons. The average molecular weight is 673 g/mol. The molecule has 4 aliphatic rings. The Morgan fingerprint density at radius 2 is 1.70 bits per heavy atom. The Bertz CT molecular complexity index is 1480. The predicted octanol–water partition coefficient (Wildman–Crippen LogP) is 6.03. The number of anilines is 3. The molecule has 3 saturated heterocycles. The summed E-state index contributed by atoms with van der Waals surface area (Å²) in [6.45, 7) is 20.7. The number of aromatic nitrogens is 2. The number of fused-ring (bicyclic) bond motifs is 2. The van der Waals surface area contributed by atoms with Crippen molar-refractivity contribution in [3.05, 3.63) is 35.2 Å². The first-order chi connectivity index (χ1) is 21.7. The van der Waals surface area contributed by atoms with Crippen LogP contribution in [-0.2, 0) is 9.26 Å². The number of aryl methyl sites for hydroxylation is 1. The van der Waals surface area contributed by atoms with Gasteiger partial charge in [-0.15, -0.1) is 0 Å². The molecule has 11 nitrogen and oxygen atoms in total. The Morgan fingerprint density at radius 3 is 2.37 bits per heavy atom. The smallest absolute Gasteiger partial charge is 0.483 e. The fraction of sp³-hybridized carbons (Fsp3) is 0.636. The zero-order valence-electron chi connectivity index (χ0n) is 28.5. The molecule has 13 heteroatoms. The number of benzene rings is 1. The van der Waals surface area contributed by atoms with Crippen LogP contribution in [0.3, 0.4) is 0 Å². The number of thioether (sulfide) groups is 1. The van der Waals surface area contributed by atoms with Crippen molar-refractivity contribution in [1.29, 1.82) is 0 Å². The van der Waals surface area contributed by atoms with Crippen molar-refractivity contribution in [2.45, 2.75) is 64.7 Å². The summed E-state index contributed by atoms with van der Waals surface area (Å²) in [6, 6.07) is 4.60. The molecule has 1 unspecified atom stereocenters. The van der Waals surface area contributed by atoms with Gasteiger partial charge in [0.2, 0.25) is 0 Å². The minimum Gasteiger partial charge on any atom is -0.483 e. The van der Waals surface area contributed by atoms with Gasteiger partial charge in [0.15, 0.2) is 5.82 Å². The Balaban J connectivity index is 1.29. The van der Waals surface area contributed by atoms with Gasteiger partial charge < -0.3 is 14.4 Å². The number of carbonyl (C=O) groups excluding carboxylic acids is 2. The van der Waals surface area contributed by atoms with E-state index in [2.05, 4.69) is 21.9 Å². The van der Waals surface area contributed by atoms with Crippen molar-refractivity contribution < 1.29 is 23.6 Å². The summed E-state index contributed by atoms with van der Waals surface area (Å²) in [5.74, 6) is 4.31. The van der Waals surface area contributed by atoms with Crippen LogP contribution in [0.2, 0.25) is 0 Å². The molecule has 0 bridgehead atoms. The zero-order chi connectivity index (χ0) is 33.0. The molecule has 4 aliphatic heterocycles. The monoisotopic (exact) mass is 672 g/mol. The Morgan fingerprint density at radius 1 is 1.00 bits per heavy atom. The molecule has 0 aliphatic carbocycles. The van der Waals surface area contributed by atoms with Crippen molar-refractivity contribution in [3.8, 4) is 5.75 Å². The van der Waals surface area contributed by atoms with E-state index in [0.29, 0.717) is 35.8 Å². The van der Waals surface area contributed by atoms with Crippen LogP contribution in [0, 0.1) is 6.92 Å². The second kappa shape index (κ2) is 12.7. The normalized spacial score (nSPS) is 22.7. The van der Waals surface area contributed by atoms with Crippen LogP contribution < -0.4 is 14.5 Å². The molecule has 46 heavy (non-hydrogen) atoms. The maximum atomic E-state index is 14.1. The molecule has 2 atom stereocenters. The van der Waals surface area contributed by atoms with E-state index >= 15 is 0 Å². The maximum absolute atomic E-state index is 14.1. The molecular formula is C33H49N6O5PS. The van der Waals surface area contributed by atoms with Crippen molar-refractivity contribution in [3.63, 3.8) is 0 Å². The third-order valence-corrected chi connectivity index (χ3v) is 10.6. The van der Waals surface area contributed by atoms with Crippen LogP contribution in [-0.4, -0.2) is 114 Å². The molecular weight excluding hydrogens is 623 g/mol. The minimum absolute atomic E-state index is 0.178. The van der Waals surface area contributed by atoms with Crippen LogP contribution in [0.25, 0.3) is 0 Å². The SMILES string of the molecule is Cc1cc(C2CN(C3CCN(C(=O)O[PH](C)(C)C)C3)C2)cc2c1O[C@H](C)c1c(N3CCSCC3)ncnc1N2C(=O)OC(C)(C)C. The van der Waals surface area contributed by atoms with Gasteiger partial charge in [0.25, 0.3) is 0 Å². The van der Waals surface area contributed by atoms with Gasteiger partial charge >= 0.3 is 150 Å². The first-order valence-electron chi connectivity index (χ1n) is 16.4. The van der Waals surface area contributed by atoms with Gasteiger partial charge in [-0.1, -0.05) is 0 Å². The number of carbonyl (C=O) groups is 2. The summed E-state index contributed by atoms with van der Waals surface area (Å²) in [6.07, 6.45) is 1.45. The average Bonchev–Trinajstić information content (AvgIpc) is 3.38. The third kappa shape index (κ3) is 6.90. The second-order valence-corrected chi connectivity index (χ2v) is 20.5. The van der Waals surface area contributed by atoms with E-state index in [1.807, 2.05) is 71.3 Å². The quantitative estimate of drug-likeness (QED) is 0.358. The van der Waals surface area contributed by atoms with Crippen LogP contribution in [0.4, 0.5) is 26.9 Å². The first kappa shape index (κ1) is 33.1. The summed E-state index contributed by atoms with van der Waals surface area (Å²) >= 11 is 1.94. The summed E-state index contributed by atoms with van der Waals surface area (Å²) < 4.78 is 18.4. The van der Waals surface area contributed by atoms with Gasteiger partial charge in [0.1, 0.15) is 23.9 Å². The summed E-state index contributed by atoms with van der Waals surface area (Å²) in [5.41, 5.74) is 2.85. The first-order valence-corrected chi connectivity index (χ1v) is 21.0. The number of ether oxygens (including phenoxy) is 2. The van der Waals surface area contributed by atoms with Crippen molar-refractivity contribution >= 4 is 48.8 Å². The molecule has 0 saturated carbocycles. The predicted molar refractivity (Wildman–Crippen MR) is 187 cm³/mol. The van der Waals surface area contributed by atoms with Crippen molar-refractivity contribution in [2.75, 3.05) is 80.6 Å². The van der Waals surface area contributed by atoms with E-state index in [1.165, 1.54) is 0 Å². The van der Waals surface area contributed by atoms with Crippen LogP contribution in [0.5, 0.6) is 5.75 Å². The minimum atomic E-state index is -1.94. The van der Waals surface area contributed by atoms with Gasteiger partial charge in [-0.2, -0.15) is 11.8 Å². The number of hydrogen-bond acceptors (Lipinski definition) is 10. The standard InChI is InChI=1S/C33H49N6O5PS/c1-21-15-23(24-17-38(18-24)25-9-10-37(19-25)31(40)44-45(6,7)8)16-26-28(21)42-22(2)27-29(36-11-13-46-14-12-36)34-20-35-30(27)39(26)32(41)43-33(3,4)5/h15-16,20,22,24-25,45H,9-14,17-19H2,1-8H3/t22-,25?/m1/s1. The summed E-state index contributed by atoms with van der Waals surface area (Å²) in [7, 11) is -1.94. The fourth-order valence-corrected chi connectivity index (χ4v) is 8.24. The van der Waals surface area contributed by atoms with E-state index in [-0.39, 0.29) is 12.2 Å². The molecule has 3 fully saturated rings. The Hall–Kier alpha value is -2.82. The topological polar surface area (TPSA) is 101 Å². The molecule has 6 rings (SSSR count). The van der Waals surface area contributed by atoms with E-state index in [9.17, 15) is 9.59 Å². The molecule has 1 aromatic carbocycles. The number of hydrogen-bond donors (Lipinski definition) is 0. The van der Waals surface area contributed by atoms with Gasteiger partial charge in [-0.3, -0.25) is 0 Å². The number of rotatable bonds is 4. The second-order valence-electron chi connectivity index (χ2n) is 14.8. The molecule has 2 amide bonds.